The largest absolute Gasteiger partial charge is 0.480 e. The number of carboxylic acid groups (broad SMARTS) is 1. The van der Waals surface area contributed by atoms with E-state index in [4.69, 9.17) is 5.11 Å². The van der Waals surface area contributed by atoms with Crippen LogP contribution >= 0.6 is 15.9 Å². The maximum absolute atomic E-state index is 12.9. The van der Waals surface area contributed by atoms with Crippen molar-refractivity contribution in [3.05, 3.63) is 34.1 Å². The van der Waals surface area contributed by atoms with Crippen LogP contribution in [0.1, 0.15) is 12.5 Å². The molecule has 0 aliphatic heterocycles. The number of benzene rings is 1. The van der Waals surface area contributed by atoms with Gasteiger partial charge in [0.05, 0.1) is 0 Å². The zero-order valence-electron chi connectivity index (χ0n) is 8.13. The lowest BCUT2D eigenvalue weighted by atomic mass is 10.2. The van der Waals surface area contributed by atoms with Gasteiger partial charge < -0.3 is 10.4 Å². The molecule has 1 unspecified atom stereocenters. The van der Waals surface area contributed by atoms with Gasteiger partial charge in [0, 0.05) is 11.0 Å². The van der Waals surface area contributed by atoms with Crippen molar-refractivity contribution >= 4 is 21.9 Å². The standard InChI is InChI=1S/C10H11BrFNO2/c1-6(10(14)15)13-5-7-4-8(12)2-3-9(7)11/h2-4,6,13H,5H2,1H3,(H,14,15). The van der Waals surface area contributed by atoms with Gasteiger partial charge in [-0.15, -0.1) is 0 Å². The first-order chi connectivity index (χ1) is 7.00. The Kier molecular flexibility index (Phi) is 4.23. The van der Waals surface area contributed by atoms with E-state index >= 15 is 0 Å². The second kappa shape index (κ2) is 5.23. The minimum absolute atomic E-state index is 0.311. The molecule has 0 spiro atoms. The van der Waals surface area contributed by atoms with Gasteiger partial charge in [0.25, 0.3) is 0 Å². The highest BCUT2D eigenvalue weighted by atomic mass is 79.9. The third-order valence-electron chi connectivity index (χ3n) is 1.98. The molecule has 0 aliphatic carbocycles. The molecule has 15 heavy (non-hydrogen) atoms. The summed E-state index contributed by atoms with van der Waals surface area (Å²) in [5.41, 5.74) is 0.697. The summed E-state index contributed by atoms with van der Waals surface area (Å²) in [6.07, 6.45) is 0. The summed E-state index contributed by atoms with van der Waals surface area (Å²) in [6, 6.07) is 3.65. The van der Waals surface area contributed by atoms with Gasteiger partial charge in [-0.2, -0.15) is 0 Å². The highest BCUT2D eigenvalue weighted by molar-refractivity contribution is 9.10. The van der Waals surface area contributed by atoms with E-state index in [-0.39, 0.29) is 5.82 Å². The summed E-state index contributed by atoms with van der Waals surface area (Å²) < 4.78 is 13.6. The molecule has 5 heteroatoms. The first kappa shape index (κ1) is 12.1. The van der Waals surface area contributed by atoms with Gasteiger partial charge in [-0.1, -0.05) is 15.9 Å². The lowest BCUT2D eigenvalue weighted by Crippen LogP contribution is -2.33. The van der Waals surface area contributed by atoms with E-state index in [0.29, 0.717) is 12.1 Å². The maximum atomic E-state index is 12.9. The molecule has 0 saturated carbocycles. The molecule has 2 N–H and O–H groups in total. The number of nitrogens with one attached hydrogen (secondary N) is 1. The predicted octanol–water partition coefficient (Wildman–Crippen LogP) is 2.15. The van der Waals surface area contributed by atoms with Crippen molar-refractivity contribution < 1.29 is 14.3 Å². The monoisotopic (exact) mass is 275 g/mol. The Morgan fingerprint density at radius 1 is 1.67 bits per heavy atom. The topological polar surface area (TPSA) is 49.3 Å². The summed E-state index contributed by atoms with van der Waals surface area (Å²) in [5, 5.41) is 11.4. The van der Waals surface area contributed by atoms with Gasteiger partial charge in [0.2, 0.25) is 0 Å². The zero-order valence-corrected chi connectivity index (χ0v) is 9.71. The van der Waals surface area contributed by atoms with Gasteiger partial charge >= 0.3 is 5.97 Å². The lowest BCUT2D eigenvalue weighted by molar-refractivity contribution is -0.139. The Balaban J connectivity index is 2.65. The van der Waals surface area contributed by atoms with E-state index in [2.05, 4.69) is 21.2 Å². The van der Waals surface area contributed by atoms with Gasteiger partial charge in [-0.05, 0) is 30.7 Å². The third-order valence-corrected chi connectivity index (χ3v) is 2.75. The van der Waals surface area contributed by atoms with E-state index in [9.17, 15) is 9.18 Å². The molecule has 0 radical (unpaired) electrons. The van der Waals surface area contributed by atoms with Crippen molar-refractivity contribution in [2.24, 2.45) is 0 Å². The summed E-state index contributed by atoms with van der Waals surface area (Å²) in [7, 11) is 0. The molecule has 0 bridgehead atoms. The van der Waals surface area contributed by atoms with Crippen LogP contribution in [0, 0.1) is 5.82 Å². The smallest absolute Gasteiger partial charge is 0.320 e. The Labute approximate surface area is 95.4 Å². The summed E-state index contributed by atoms with van der Waals surface area (Å²) >= 11 is 3.26. The highest BCUT2D eigenvalue weighted by Gasteiger charge is 2.10. The SMILES string of the molecule is CC(NCc1cc(F)ccc1Br)C(=O)O. The minimum Gasteiger partial charge on any atom is -0.480 e. The van der Waals surface area contributed by atoms with Crippen LogP contribution in [0.15, 0.2) is 22.7 Å². The van der Waals surface area contributed by atoms with Crippen LogP contribution in [-0.2, 0) is 11.3 Å². The first-order valence-corrected chi connectivity index (χ1v) is 5.20. The first-order valence-electron chi connectivity index (χ1n) is 4.41. The Hall–Kier alpha value is -0.940. The van der Waals surface area contributed by atoms with Gasteiger partial charge in [-0.3, -0.25) is 4.79 Å². The average molecular weight is 276 g/mol. The molecule has 0 fully saturated rings. The Morgan fingerprint density at radius 3 is 2.93 bits per heavy atom. The fourth-order valence-electron chi connectivity index (χ4n) is 1.03. The molecule has 3 nitrogen and oxygen atoms in total. The van der Waals surface area contributed by atoms with Crippen LogP contribution in [-0.4, -0.2) is 17.1 Å². The van der Waals surface area contributed by atoms with Crippen LogP contribution in [0.5, 0.6) is 0 Å². The number of aliphatic carboxylic acids is 1. The van der Waals surface area contributed by atoms with Crippen LogP contribution in [0.4, 0.5) is 4.39 Å². The Morgan fingerprint density at radius 2 is 2.33 bits per heavy atom. The van der Waals surface area contributed by atoms with Crippen molar-refractivity contribution in [3.63, 3.8) is 0 Å². The van der Waals surface area contributed by atoms with Gasteiger partial charge in [0.1, 0.15) is 11.9 Å². The summed E-state index contributed by atoms with van der Waals surface area (Å²) in [5.74, 6) is -1.26. The van der Waals surface area contributed by atoms with E-state index in [1.807, 2.05) is 0 Å². The quantitative estimate of drug-likeness (QED) is 0.885. The van der Waals surface area contributed by atoms with Crippen molar-refractivity contribution in [1.29, 1.82) is 0 Å². The van der Waals surface area contributed by atoms with E-state index in [1.165, 1.54) is 19.1 Å². The maximum Gasteiger partial charge on any atom is 0.320 e. The number of carboxylic acids is 1. The van der Waals surface area contributed by atoms with Crippen LogP contribution in [0.2, 0.25) is 0 Å². The van der Waals surface area contributed by atoms with Gasteiger partial charge in [-0.25, -0.2) is 4.39 Å². The lowest BCUT2D eigenvalue weighted by Gasteiger charge is -2.10. The number of hydrogen-bond acceptors (Lipinski definition) is 2. The van der Waals surface area contributed by atoms with Crippen molar-refractivity contribution in [1.82, 2.24) is 5.32 Å². The van der Waals surface area contributed by atoms with Crippen molar-refractivity contribution in [2.75, 3.05) is 0 Å². The second-order valence-electron chi connectivity index (χ2n) is 3.18. The molecule has 0 aromatic heterocycles. The summed E-state index contributed by atoms with van der Waals surface area (Å²) in [4.78, 5) is 10.5. The number of hydrogen-bond donors (Lipinski definition) is 2. The molecular formula is C10H11BrFNO2. The molecule has 0 amide bonds. The van der Waals surface area contributed by atoms with Crippen LogP contribution in [0.25, 0.3) is 0 Å². The highest BCUT2D eigenvalue weighted by Crippen LogP contribution is 2.17. The fourth-order valence-corrected chi connectivity index (χ4v) is 1.42. The molecule has 82 valence electrons. The number of halogens is 2. The van der Waals surface area contributed by atoms with Gasteiger partial charge in [0.15, 0.2) is 0 Å². The van der Waals surface area contributed by atoms with Crippen molar-refractivity contribution in [3.8, 4) is 0 Å². The van der Waals surface area contributed by atoms with E-state index < -0.39 is 12.0 Å². The molecule has 0 aliphatic rings. The number of carbonyl (C=O) groups is 1. The third kappa shape index (κ3) is 3.60. The molecule has 1 rings (SSSR count). The minimum atomic E-state index is -0.928. The second-order valence-corrected chi connectivity index (χ2v) is 4.03. The molecule has 1 aromatic carbocycles. The normalized spacial score (nSPS) is 12.5. The molecule has 0 saturated heterocycles. The average Bonchev–Trinajstić information content (AvgIpc) is 2.18. The number of rotatable bonds is 4. The van der Waals surface area contributed by atoms with Crippen molar-refractivity contribution in [2.45, 2.75) is 19.5 Å². The molecule has 0 heterocycles. The molecule has 1 aromatic rings. The van der Waals surface area contributed by atoms with E-state index in [1.54, 1.807) is 6.07 Å². The van der Waals surface area contributed by atoms with Crippen LogP contribution in [0.3, 0.4) is 0 Å². The molecule has 1 atom stereocenters. The fraction of sp³-hybridized carbons (Fsp3) is 0.300. The molecular weight excluding hydrogens is 265 g/mol. The van der Waals surface area contributed by atoms with E-state index in [0.717, 1.165) is 4.47 Å². The predicted molar refractivity (Wildman–Crippen MR) is 58.0 cm³/mol. The zero-order chi connectivity index (χ0) is 11.4. The Bertz CT molecular complexity index is 370. The van der Waals surface area contributed by atoms with Crippen LogP contribution < -0.4 is 5.32 Å². The summed E-state index contributed by atoms with van der Waals surface area (Å²) in [6.45, 7) is 1.85.